The van der Waals surface area contributed by atoms with E-state index in [1.165, 1.54) is 4.88 Å². The van der Waals surface area contributed by atoms with Crippen molar-refractivity contribution in [2.24, 2.45) is 0 Å². The number of rotatable bonds is 6. The van der Waals surface area contributed by atoms with Crippen molar-refractivity contribution in [3.05, 3.63) is 64.6 Å². The van der Waals surface area contributed by atoms with E-state index in [0.717, 1.165) is 24.3 Å². The number of aromatic nitrogens is 3. The molecular formula is C16H18N4S. The number of para-hydroxylation sites is 1. The zero-order valence-electron chi connectivity index (χ0n) is 11.9. The molecule has 1 aromatic carbocycles. The summed E-state index contributed by atoms with van der Waals surface area (Å²) in [4.78, 5) is 3.04. The third kappa shape index (κ3) is 3.37. The van der Waals surface area contributed by atoms with Crippen LogP contribution < -0.4 is 5.32 Å². The van der Waals surface area contributed by atoms with Crippen molar-refractivity contribution in [2.45, 2.75) is 25.9 Å². The van der Waals surface area contributed by atoms with Gasteiger partial charge >= 0.3 is 0 Å². The monoisotopic (exact) mass is 298 g/mol. The normalized spacial score (nSPS) is 12.4. The summed E-state index contributed by atoms with van der Waals surface area (Å²) >= 11 is 1.79. The molecule has 1 N–H and O–H groups in total. The van der Waals surface area contributed by atoms with Crippen molar-refractivity contribution < 1.29 is 0 Å². The van der Waals surface area contributed by atoms with Gasteiger partial charge in [-0.1, -0.05) is 31.2 Å². The molecule has 0 radical (unpaired) electrons. The Morgan fingerprint density at radius 3 is 2.76 bits per heavy atom. The van der Waals surface area contributed by atoms with E-state index in [1.54, 1.807) is 16.1 Å². The highest BCUT2D eigenvalue weighted by Gasteiger charge is 2.10. The average Bonchev–Trinajstić information content (AvgIpc) is 3.20. The molecular weight excluding hydrogens is 280 g/mol. The minimum Gasteiger partial charge on any atom is -0.303 e. The molecule has 1 unspecified atom stereocenters. The van der Waals surface area contributed by atoms with Gasteiger partial charge in [-0.3, -0.25) is 0 Å². The van der Waals surface area contributed by atoms with Gasteiger partial charge < -0.3 is 5.32 Å². The van der Waals surface area contributed by atoms with Crippen LogP contribution in [-0.2, 0) is 6.54 Å². The second-order valence-corrected chi connectivity index (χ2v) is 5.80. The molecule has 0 aliphatic rings. The summed E-state index contributed by atoms with van der Waals surface area (Å²) in [6, 6.07) is 14.6. The van der Waals surface area contributed by atoms with Crippen molar-refractivity contribution in [1.82, 2.24) is 20.3 Å². The highest BCUT2D eigenvalue weighted by Crippen LogP contribution is 2.21. The summed E-state index contributed by atoms with van der Waals surface area (Å²) in [5, 5.41) is 14.5. The van der Waals surface area contributed by atoms with Crippen LogP contribution in [0.15, 0.2) is 54.0 Å². The van der Waals surface area contributed by atoms with Crippen molar-refractivity contribution in [1.29, 1.82) is 0 Å². The van der Waals surface area contributed by atoms with Crippen molar-refractivity contribution in [2.75, 3.05) is 0 Å². The summed E-state index contributed by atoms with van der Waals surface area (Å²) < 4.78 is 0. The number of benzene rings is 1. The molecule has 5 heteroatoms. The van der Waals surface area contributed by atoms with Crippen LogP contribution in [0.2, 0.25) is 0 Å². The Hall–Kier alpha value is -1.98. The van der Waals surface area contributed by atoms with Gasteiger partial charge in [-0.15, -0.1) is 11.3 Å². The molecule has 0 saturated heterocycles. The van der Waals surface area contributed by atoms with E-state index in [2.05, 4.69) is 40.0 Å². The highest BCUT2D eigenvalue weighted by molar-refractivity contribution is 7.10. The lowest BCUT2D eigenvalue weighted by Crippen LogP contribution is -2.19. The van der Waals surface area contributed by atoms with E-state index >= 15 is 0 Å². The number of nitrogens with one attached hydrogen (secondary N) is 1. The molecule has 108 valence electrons. The quantitative estimate of drug-likeness (QED) is 0.756. The molecule has 0 amide bonds. The van der Waals surface area contributed by atoms with Crippen LogP contribution in [-0.4, -0.2) is 15.0 Å². The third-order valence-corrected chi connectivity index (χ3v) is 4.34. The molecule has 0 aliphatic carbocycles. The standard InChI is InChI=1S/C16H18N4S/c1-2-15(16-9-6-10-21-16)17-11-13-12-18-20(19-13)14-7-4-3-5-8-14/h3-10,12,15,17H,2,11H2,1H3. The predicted molar refractivity (Wildman–Crippen MR) is 85.5 cm³/mol. The highest BCUT2D eigenvalue weighted by atomic mass is 32.1. The predicted octanol–water partition coefficient (Wildman–Crippen LogP) is 3.57. The fourth-order valence-corrected chi connectivity index (χ4v) is 3.11. The maximum atomic E-state index is 4.51. The first-order chi connectivity index (χ1) is 10.4. The Morgan fingerprint density at radius 2 is 2.05 bits per heavy atom. The smallest absolute Gasteiger partial charge is 0.0969 e. The second kappa shape index (κ2) is 6.65. The fraction of sp³-hybridized carbons (Fsp3) is 0.250. The number of nitrogens with zero attached hydrogens (tertiary/aromatic N) is 3. The summed E-state index contributed by atoms with van der Waals surface area (Å²) in [6.07, 6.45) is 2.88. The summed E-state index contributed by atoms with van der Waals surface area (Å²) in [6.45, 7) is 2.92. The zero-order valence-corrected chi connectivity index (χ0v) is 12.8. The fourth-order valence-electron chi connectivity index (χ4n) is 2.22. The second-order valence-electron chi connectivity index (χ2n) is 4.82. The summed E-state index contributed by atoms with van der Waals surface area (Å²) in [5.74, 6) is 0. The van der Waals surface area contributed by atoms with Crippen LogP contribution in [0.5, 0.6) is 0 Å². The van der Waals surface area contributed by atoms with Gasteiger partial charge in [0.2, 0.25) is 0 Å². The van der Waals surface area contributed by atoms with E-state index in [1.807, 2.05) is 36.5 Å². The lowest BCUT2D eigenvalue weighted by atomic mass is 10.2. The van der Waals surface area contributed by atoms with Crippen LogP contribution in [0.1, 0.15) is 30.0 Å². The third-order valence-electron chi connectivity index (χ3n) is 3.35. The summed E-state index contributed by atoms with van der Waals surface area (Å²) in [5.41, 5.74) is 1.93. The van der Waals surface area contributed by atoms with Crippen LogP contribution in [0.3, 0.4) is 0 Å². The molecule has 0 saturated carbocycles. The maximum absolute atomic E-state index is 4.51. The first kappa shape index (κ1) is 14.0. The van der Waals surface area contributed by atoms with Gasteiger partial charge in [0.05, 0.1) is 17.6 Å². The molecule has 0 bridgehead atoms. The molecule has 21 heavy (non-hydrogen) atoms. The molecule has 2 heterocycles. The molecule has 0 aliphatic heterocycles. The van der Waals surface area contributed by atoms with Crippen molar-refractivity contribution >= 4 is 11.3 Å². The lowest BCUT2D eigenvalue weighted by molar-refractivity contribution is 0.519. The van der Waals surface area contributed by atoms with E-state index in [-0.39, 0.29) is 0 Å². The molecule has 2 aromatic heterocycles. The SMILES string of the molecule is CCC(NCc1cnn(-c2ccccc2)n1)c1cccs1. The Labute approximate surface area is 128 Å². The molecule has 0 spiro atoms. The number of hydrogen-bond donors (Lipinski definition) is 1. The van der Waals surface area contributed by atoms with Gasteiger partial charge in [-0.05, 0) is 30.0 Å². The Bertz CT molecular complexity index is 661. The minimum atomic E-state index is 0.381. The molecule has 4 nitrogen and oxygen atoms in total. The largest absolute Gasteiger partial charge is 0.303 e. The van der Waals surface area contributed by atoms with Gasteiger partial charge in [0.25, 0.3) is 0 Å². The van der Waals surface area contributed by atoms with Crippen molar-refractivity contribution in [3.8, 4) is 5.69 Å². The Morgan fingerprint density at radius 1 is 1.19 bits per heavy atom. The average molecular weight is 298 g/mol. The topological polar surface area (TPSA) is 42.7 Å². The Kier molecular flexibility index (Phi) is 4.43. The first-order valence-electron chi connectivity index (χ1n) is 7.10. The van der Waals surface area contributed by atoms with E-state index in [4.69, 9.17) is 0 Å². The van der Waals surface area contributed by atoms with Crippen LogP contribution >= 0.6 is 11.3 Å². The van der Waals surface area contributed by atoms with Gasteiger partial charge in [0.1, 0.15) is 0 Å². The van der Waals surface area contributed by atoms with Crippen molar-refractivity contribution in [3.63, 3.8) is 0 Å². The molecule has 3 aromatic rings. The van der Waals surface area contributed by atoms with Gasteiger partial charge in [0.15, 0.2) is 0 Å². The Balaban J connectivity index is 1.65. The van der Waals surface area contributed by atoms with Gasteiger partial charge in [-0.25, -0.2) is 0 Å². The molecule has 1 atom stereocenters. The van der Waals surface area contributed by atoms with E-state index in [9.17, 15) is 0 Å². The van der Waals surface area contributed by atoms with E-state index in [0.29, 0.717) is 6.04 Å². The first-order valence-corrected chi connectivity index (χ1v) is 7.98. The van der Waals surface area contributed by atoms with Gasteiger partial charge in [0, 0.05) is 17.5 Å². The van der Waals surface area contributed by atoms with Gasteiger partial charge in [-0.2, -0.15) is 15.0 Å². The summed E-state index contributed by atoms with van der Waals surface area (Å²) in [7, 11) is 0. The number of hydrogen-bond acceptors (Lipinski definition) is 4. The van der Waals surface area contributed by atoms with Crippen LogP contribution in [0.4, 0.5) is 0 Å². The lowest BCUT2D eigenvalue weighted by Gasteiger charge is -2.14. The zero-order chi connectivity index (χ0) is 14.5. The molecule has 0 fully saturated rings. The van der Waals surface area contributed by atoms with E-state index < -0.39 is 0 Å². The minimum absolute atomic E-state index is 0.381. The molecule has 3 rings (SSSR count). The van der Waals surface area contributed by atoms with Crippen LogP contribution in [0, 0.1) is 0 Å². The van der Waals surface area contributed by atoms with Crippen LogP contribution in [0.25, 0.3) is 5.69 Å². The number of thiophene rings is 1. The maximum Gasteiger partial charge on any atom is 0.0969 e.